The van der Waals surface area contributed by atoms with E-state index in [1.54, 1.807) is 11.3 Å². The fourth-order valence-corrected chi connectivity index (χ4v) is 4.85. The summed E-state index contributed by atoms with van der Waals surface area (Å²) < 4.78 is 2.71. The molecule has 1 atom stereocenters. The van der Waals surface area contributed by atoms with Gasteiger partial charge in [-0.2, -0.15) is 4.68 Å². The molecule has 0 unspecified atom stereocenters. The van der Waals surface area contributed by atoms with Crippen LogP contribution in [-0.2, 0) is 6.67 Å². The Morgan fingerprint density at radius 1 is 1.07 bits per heavy atom. The summed E-state index contributed by atoms with van der Waals surface area (Å²) in [6, 6.07) is 15.6. The van der Waals surface area contributed by atoms with Crippen LogP contribution in [0.5, 0.6) is 0 Å². The van der Waals surface area contributed by atoms with E-state index in [-0.39, 0.29) is 5.56 Å². The minimum absolute atomic E-state index is 0.0808. The Kier molecular flexibility index (Phi) is 4.18. The van der Waals surface area contributed by atoms with Crippen molar-refractivity contribution in [3.8, 4) is 0 Å². The lowest BCUT2D eigenvalue weighted by molar-refractivity contribution is 0.152. The van der Waals surface area contributed by atoms with Crippen LogP contribution in [-0.4, -0.2) is 38.0 Å². The van der Waals surface area contributed by atoms with Gasteiger partial charge in [-0.05, 0) is 43.7 Å². The Labute approximate surface area is 160 Å². The van der Waals surface area contributed by atoms with Crippen molar-refractivity contribution in [3.05, 3.63) is 63.9 Å². The van der Waals surface area contributed by atoms with E-state index in [4.69, 9.17) is 4.98 Å². The van der Waals surface area contributed by atoms with Gasteiger partial charge in [0.25, 0.3) is 5.56 Å². The first-order chi connectivity index (χ1) is 13.3. The molecule has 1 aliphatic heterocycles. The molecule has 0 spiro atoms. The molecule has 2 aromatic heterocycles. The molecule has 0 aliphatic carbocycles. The van der Waals surface area contributed by atoms with E-state index in [1.807, 2.05) is 30.3 Å². The van der Waals surface area contributed by atoms with Crippen LogP contribution in [0.1, 0.15) is 23.8 Å². The van der Waals surface area contributed by atoms with Crippen molar-refractivity contribution < 1.29 is 0 Å². The van der Waals surface area contributed by atoms with Gasteiger partial charge in [-0.1, -0.05) is 29.5 Å². The van der Waals surface area contributed by atoms with Gasteiger partial charge < -0.3 is 0 Å². The van der Waals surface area contributed by atoms with Crippen molar-refractivity contribution in [3.63, 3.8) is 0 Å². The minimum Gasteiger partial charge on any atom is -0.284 e. The zero-order valence-corrected chi connectivity index (χ0v) is 15.6. The van der Waals surface area contributed by atoms with E-state index in [2.05, 4.69) is 33.4 Å². The highest BCUT2D eigenvalue weighted by Crippen LogP contribution is 2.32. The average Bonchev–Trinajstić information content (AvgIpc) is 3.15. The Morgan fingerprint density at radius 2 is 1.89 bits per heavy atom. The largest absolute Gasteiger partial charge is 0.284 e. The van der Waals surface area contributed by atoms with Crippen molar-refractivity contribution >= 4 is 32.5 Å². The number of hydrogen-bond acceptors (Lipinski definition) is 6. The summed E-state index contributed by atoms with van der Waals surface area (Å²) in [6.07, 6.45) is 2.23. The lowest BCUT2D eigenvalue weighted by atomic mass is 9.99. The number of hydrogen-bond donors (Lipinski definition) is 0. The third-order valence-electron chi connectivity index (χ3n) is 5.13. The van der Waals surface area contributed by atoms with Gasteiger partial charge in [-0.25, -0.2) is 4.98 Å². The molecule has 1 fully saturated rings. The van der Waals surface area contributed by atoms with Crippen molar-refractivity contribution in [2.24, 2.45) is 0 Å². The first-order valence-electron chi connectivity index (χ1n) is 9.18. The first kappa shape index (κ1) is 16.5. The molecule has 1 saturated heterocycles. The Balaban J connectivity index is 1.38. The summed E-state index contributed by atoms with van der Waals surface area (Å²) >= 11 is 1.78. The predicted molar refractivity (Wildman–Crippen MR) is 107 cm³/mol. The molecule has 3 heterocycles. The van der Waals surface area contributed by atoms with Crippen molar-refractivity contribution in [1.82, 2.24) is 24.9 Å². The lowest BCUT2D eigenvalue weighted by Gasteiger charge is -2.31. The Hall–Kier alpha value is -2.64. The number of aromatic nitrogens is 4. The molecule has 7 heteroatoms. The highest BCUT2D eigenvalue weighted by molar-refractivity contribution is 7.18. The molecular weight excluding hydrogens is 358 g/mol. The number of likely N-dealkylation sites (tertiary alicyclic amines) is 1. The third-order valence-corrected chi connectivity index (χ3v) is 6.33. The minimum atomic E-state index is -0.0808. The van der Waals surface area contributed by atoms with Gasteiger partial charge in [0.1, 0.15) is 5.52 Å². The van der Waals surface area contributed by atoms with Crippen molar-refractivity contribution in [1.29, 1.82) is 0 Å². The Bertz CT molecular complexity index is 1130. The fourth-order valence-electron chi connectivity index (χ4n) is 3.76. The van der Waals surface area contributed by atoms with Crippen LogP contribution in [0.2, 0.25) is 0 Å². The third kappa shape index (κ3) is 3.13. The van der Waals surface area contributed by atoms with Gasteiger partial charge in [-0.3, -0.25) is 9.69 Å². The van der Waals surface area contributed by atoms with E-state index in [9.17, 15) is 4.79 Å². The molecule has 4 aromatic rings. The van der Waals surface area contributed by atoms with Crippen LogP contribution in [0.3, 0.4) is 0 Å². The number of nitrogens with zero attached hydrogens (tertiary/aromatic N) is 5. The highest BCUT2D eigenvalue weighted by Gasteiger charge is 2.24. The van der Waals surface area contributed by atoms with Crippen molar-refractivity contribution in [2.75, 3.05) is 13.1 Å². The Morgan fingerprint density at radius 3 is 2.78 bits per heavy atom. The molecule has 0 bridgehead atoms. The quantitative estimate of drug-likeness (QED) is 0.548. The highest BCUT2D eigenvalue weighted by atomic mass is 32.1. The smallest absolute Gasteiger partial charge is 0.278 e. The summed E-state index contributed by atoms with van der Waals surface area (Å²) in [6.45, 7) is 2.32. The summed E-state index contributed by atoms with van der Waals surface area (Å²) in [5, 5.41) is 10.1. The molecule has 5 rings (SSSR count). The van der Waals surface area contributed by atoms with Crippen LogP contribution >= 0.6 is 11.3 Å². The number of benzene rings is 2. The topological polar surface area (TPSA) is 63.9 Å². The van der Waals surface area contributed by atoms with Crippen molar-refractivity contribution in [2.45, 2.75) is 25.4 Å². The standard InChI is InChI=1S/C20H19N5OS/c26-20-15-7-1-2-8-16(15)22-23-25(20)13-24-11-5-6-14(12-24)19-21-17-9-3-4-10-18(17)27-19/h1-4,7-10,14H,5-6,11-13H2/t14-/m0/s1. The van der Waals surface area contributed by atoms with Gasteiger partial charge >= 0.3 is 0 Å². The predicted octanol–water partition coefficient (Wildman–Crippen LogP) is 3.24. The molecule has 136 valence electrons. The maximum absolute atomic E-state index is 12.7. The number of piperidine rings is 1. The van der Waals surface area contributed by atoms with Gasteiger partial charge in [0.05, 0.1) is 27.3 Å². The van der Waals surface area contributed by atoms with E-state index >= 15 is 0 Å². The van der Waals surface area contributed by atoms with E-state index in [0.717, 1.165) is 31.4 Å². The van der Waals surface area contributed by atoms with Gasteiger partial charge in [0.15, 0.2) is 0 Å². The zero-order valence-electron chi connectivity index (χ0n) is 14.8. The molecule has 6 nitrogen and oxygen atoms in total. The van der Waals surface area contributed by atoms with Gasteiger partial charge in [0.2, 0.25) is 0 Å². The molecule has 2 aromatic carbocycles. The van der Waals surface area contributed by atoms with E-state index in [1.165, 1.54) is 14.4 Å². The maximum Gasteiger partial charge on any atom is 0.278 e. The SMILES string of the molecule is O=c1c2ccccc2nnn1CN1CCC[C@H](c2nc3ccccc3s2)C1. The zero-order chi connectivity index (χ0) is 18.2. The second-order valence-electron chi connectivity index (χ2n) is 6.99. The molecule has 0 N–H and O–H groups in total. The normalized spacial score (nSPS) is 18.3. The molecule has 27 heavy (non-hydrogen) atoms. The monoisotopic (exact) mass is 377 g/mol. The fraction of sp³-hybridized carbons (Fsp3) is 0.300. The maximum atomic E-state index is 12.7. The van der Waals surface area contributed by atoms with Crippen LogP contribution in [0.15, 0.2) is 53.3 Å². The molecular formula is C20H19N5OS. The first-order valence-corrected chi connectivity index (χ1v) is 10.00. The number of para-hydroxylation sites is 1. The second kappa shape index (κ2) is 6.83. The summed E-state index contributed by atoms with van der Waals surface area (Å²) in [7, 11) is 0. The summed E-state index contributed by atoms with van der Waals surface area (Å²) in [4.78, 5) is 19.8. The van der Waals surface area contributed by atoms with Crippen LogP contribution in [0.25, 0.3) is 21.1 Å². The second-order valence-corrected chi connectivity index (χ2v) is 8.05. The molecule has 0 radical (unpaired) electrons. The lowest BCUT2D eigenvalue weighted by Crippen LogP contribution is -2.39. The number of rotatable bonds is 3. The van der Waals surface area contributed by atoms with Crippen LogP contribution in [0.4, 0.5) is 0 Å². The van der Waals surface area contributed by atoms with E-state index in [0.29, 0.717) is 23.5 Å². The molecule has 0 amide bonds. The van der Waals surface area contributed by atoms with Gasteiger partial charge in [0, 0.05) is 12.5 Å². The van der Waals surface area contributed by atoms with E-state index < -0.39 is 0 Å². The van der Waals surface area contributed by atoms with Crippen LogP contribution < -0.4 is 5.56 Å². The number of thiazole rings is 1. The van der Waals surface area contributed by atoms with Gasteiger partial charge in [-0.15, -0.1) is 16.4 Å². The molecule has 0 saturated carbocycles. The number of fused-ring (bicyclic) bond motifs is 2. The van der Waals surface area contributed by atoms with Crippen LogP contribution in [0, 0.1) is 0 Å². The summed E-state index contributed by atoms with van der Waals surface area (Å²) in [5.74, 6) is 0.403. The summed E-state index contributed by atoms with van der Waals surface area (Å²) in [5.41, 5.74) is 1.64. The average molecular weight is 377 g/mol. The molecule has 1 aliphatic rings.